The van der Waals surface area contributed by atoms with E-state index in [0.717, 1.165) is 5.56 Å². The number of carbonyl (C=O) groups excluding carboxylic acids is 1. The van der Waals surface area contributed by atoms with Crippen LogP contribution < -0.4 is 14.8 Å². The normalized spacial score (nSPS) is 11.8. The van der Waals surface area contributed by atoms with Crippen molar-refractivity contribution in [1.82, 2.24) is 15.5 Å². The van der Waals surface area contributed by atoms with Gasteiger partial charge < -0.3 is 23.6 Å². The highest BCUT2D eigenvalue weighted by molar-refractivity contribution is 8.00. The smallest absolute Gasteiger partial charge is 0.284 e. The Kier molecular flexibility index (Phi) is 6.02. The van der Waals surface area contributed by atoms with Crippen LogP contribution in [0.15, 0.2) is 50.7 Å². The summed E-state index contributed by atoms with van der Waals surface area (Å²) >= 11 is 1.18. The number of aromatic nitrogens is 2. The first-order valence-corrected chi connectivity index (χ1v) is 9.01. The average molecular weight is 389 g/mol. The van der Waals surface area contributed by atoms with Gasteiger partial charge in [0.15, 0.2) is 17.3 Å². The lowest BCUT2D eigenvalue weighted by Gasteiger charge is -2.12. The molecule has 0 spiro atoms. The molecule has 0 aliphatic rings. The van der Waals surface area contributed by atoms with Crippen LogP contribution in [0, 0.1) is 0 Å². The van der Waals surface area contributed by atoms with Crippen LogP contribution in [0.1, 0.15) is 12.5 Å². The molecule has 1 N–H and O–H groups in total. The number of thioether (sulfide) groups is 1. The van der Waals surface area contributed by atoms with Gasteiger partial charge in [-0.2, -0.15) is 0 Å². The Bertz CT molecular complexity index is 894. The molecule has 2 aromatic heterocycles. The molecule has 0 fully saturated rings. The highest BCUT2D eigenvalue weighted by Crippen LogP contribution is 2.28. The van der Waals surface area contributed by atoms with E-state index < -0.39 is 5.25 Å². The van der Waals surface area contributed by atoms with E-state index in [-0.39, 0.29) is 11.8 Å². The Labute approximate surface area is 160 Å². The predicted molar refractivity (Wildman–Crippen MR) is 98.7 cm³/mol. The summed E-state index contributed by atoms with van der Waals surface area (Å²) in [5.41, 5.74) is 0.899. The Morgan fingerprint density at radius 3 is 2.74 bits per heavy atom. The van der Waals surface area contributed by atoms with Gasteiger partial charge in [0.2, 0.25) is 5.91 Å². The largest absolute Gasteiger partial charge is 0.493 e. The number of amides is 1. The number of nitrogens with zero attached hydrogens (tertiary/aromatic N) is 2. The third kappa shape index (κ3) is 4.62. The molecular formula is C18H19N3O5S. The summed E-state index contributed by atoms with van der Waals surface area (Å²) in [6, 6.07) is 8.95. The van der Waals surface area contributed by atoms with E-state index in [4.69, 9.17) is 18.3 Å². The monoisotopic (exact) mass is 389 g/mol. The van der Waals surface area contributed by atoms with Crippen LogP contribution in [-0.4, -0.2) is 35.6 Å². The molecule has 0 saturated heterocycles. The second-order valence-corrected chi connectivity index (χ2v) is 6.81. The zero-order valence-electron chi connectivity index (χ0n) is 15.1. The van der Waals surface area contributed by atoms with Crippen molar-refractivity contribution in [3.63, 3.8) is 0 Å². The molecule has 0 bridgehead atoms. The van der Waals surface area contributed by atoms with E-state index in [9.17, 15) is 4.79 Å². The van der Waals surface area contributed by atoms with Gasteiger partial charge in [-0.05, 0) is 36.8 Å². The average Bonchev–Trinajstić information content (AvgIpc) is 3.37. The number of benzene rings is 1. The predicted octanol–water partition coefficient (Wildman–Crippen LogP) is 3.14. The number of hydrogen-bond acceptors (Lipinski definition) is 8. The van der Waals surface area contributed by atoms with Gasteiger partial charge >= 0.3 is 0 Å². The first-order chi connectivity index (χ1) is 13.1. The summed E-state index contributed by atoms with van der Waals surface area (Å²) in [7, 11) is 3.15. The fourth-order valence-electron chi connectivity index (χ4n) is 2.29. The molecule has 1 aromatic carbocycles. The maximum atomic E-state index is 12.3. The molecule has 2 heterocycles. The molecule has 8 nitrogen and oxygen atoms in total. The molecule has 9 heteroatoms. The lowest BCUT2D eigenvalue weighted by molar-refractivity contribution is -0.120. The zero-order valence-corrected chi connectivity index (χ0v) is 15.9. The van der Waals surface area contributed by atoms with Crippen molar-refractivity contribution in [2.45, 2.75) is 23.9 Å². The van der Waals surface area contributed by atoms with Crippen LogP contribution in [-0.2, 0) is 11.3 Å². The van der Waals surface area contributed by atoms with Gasteiger partial charge in [0, 0.05) is 6.54 Å². The van der Waals surface area contributed by atoms with Crippen molar-refractivity contribution in [2.24, 2.45) is 0 Å². The third-order valence-electron chi connectivity index (χ3n) is 3.70. The van der Waals surface area contributed by atoms with Crippen LogP contribution in [0.2, 0.25) is 0 Å². The molecule has 1 unspecified atom stereocenters. The van der Waals surface area contributed by atoms with E-state index in [1.807, 2.05) is 12.1 Å². The van der Waals surface area contributed by atoms with Crippen LogP contribution in [0.5, 0.6) is 11.5 Å². The molecule has 0 saturated carbocycles. The Morgan fingerprint density at radius 2 is 2.04 bits per heavy atom. The summed E-state index contributed by atoms with van der Waals surface area (Å²) < 4.78 is 21.2. The molecule has 3 aromatic rings. The van der Waals surface area contributed by atoms with Crippen LogP contribution in [0.3, 0.4) is 0 Å². The van der Waals surface area contributed by atoms with Crippen molar-refractivity contribution in [3.8, 4) is 23.1 Å². The first-order valence-electron chi connectivity index (χ1n) is 8.13. The molecular weight excluding hydrogens is 370 g/mol. The fraction of sp³-hybridized carbons (Fsp3) is 0.278. The second-order valence-electron chi connectivity index (χ2n) is 5.52. The molecule has 1 amide bonds. The topological polar surface area (TPSA) is 99.6 Å². The van der Waals surface area contributed by atoms with Crippen molar-refractivity contribution >= 4 is 17.7 Å². The zero-order chi connectivity index (χ0) is 19.2. The van der Waals surface area contributed by atoms with E-state index in [1.54, 1.807) is 39.3 Å². The number of carbonyl (C=O) groups is 1. The van der Waals surface area contributed by atoms with Gasteiger partial charge in [0.05, 0.1) is 25.7 Å². The molecule has 142 valence electrons. The molecule has 0 radical (unpaired) electrons. The number of nitrogens with one attached hydrogen (secondary N) is 1. The maximum absolute atomic E-state index is 12.3. The number of ether oxygens (including phenoxy) is 2. The van der Waals surface area contributed by atoms with Gasteiger partial charge in [-0.15, -0.1) is 10.2 Å². The summed E-state index contributed by atoms with van der Waals surface area (Å²) in [6.45, 7) is 2.14. The first kappa shape index (κ1) is 18.8. The lowest BCUT2D eigenvalue weighted by Crippen LogP contribution is -2.30. The molecule has 27 heavy (non-hydrogen) atoms. The van der Waals surface area contributed by atoms with Gasteiger partial charge in [-0.3, -0.25) is 4.79 Å². The molecule has 0 aliphatic heterocycles. The minimum Gasteiger partial charge on any atom is -0.493 e. The SMILES string of the molecule is COc1ccc(CNC(=O)C(C)Sc2nnc(-c3ccco3)o2)cc1OC. The summed E-state index contributed by atoms with van der Waals surface area (Å²) in [5.74, 6) is 1.87. The fourth-order valence-corrected chi connectivity index (χ4v) is 2.99. The standard InChI is InChI=1S/C18H19N3O5S/c1-11(27-18-21-20-17(26-18)14-5-4-8-25-14)16(22)19-10-12-6-7-13(23-2)15(9-12)24-3/h4-9,11H,10H2,1-3H3,(H,19,22). The maximum Gasteiger partial charge on any atom is 0.284 e. The van der Waals surface area contributed by atoms with Crippen molar-refractivity contribution in [2.75, 3.05) is 14.2 Å². The Hall–Kier alpha value is -2.94. The van der Waals surface area contributed by atoms with Crippen molar-refractivity contribution in [3.05, 3.63) is 42.2 Å². The highest BCUT2D eigenvalue weighted by atomic mass is 32.2. The number of furan rings is 1. The van der Waals surface area contributed by atoms with E-state index in [1.165, 1.54) is 18.0 Å². The Balaban J connectivity index is 1.55. The molecule has 1 atom stereocenters. The number of hydrogen-bond donors (Lipinski definition) is 1. The lowest BCUT2D eigenvalue weighted by atomic mass is 10.2. The van der Waals surface area contributed by atoms with Crippen LogP contribution >= 0.6 is 11.8 Å². The van der Waals surface area contributed by atoms with Crippen molar-refractivity contribution in [1.29, 1.82) is 0 Å². The van der Waals surface area contributed by atoms with Gasteiger partial charge in [-0.1, -0.05) is 17.8 Å². The van der Waals surface area contributed by atoms with Gasteiger partial charge in [0.25, 0.3) is 11.1 Å². The minimum atomic E-state index is -0.407. The van der Waals surface area contributed by atoms with E-state index in [0.29, 0.717) is 29.0 Å². The summed E-state index contributed by atoms with van der Waals surface area (Å²) in [6.07, 6.45) is 1.52. The van der Waals surface area contributed by atoms with Crippen LogP contribution in [0.25, 0.3) is 11.7 Å². The quantitative estimate of drug-likeness (QED) is 0.587. The third-order valence-corrected chi connectivity index (χ3v) is 4.63. The second kappa shape index (κ2) is 8.63. The van der Waals surface area contributed by atoms with Gasteiger partial charge in [-0.25, -0.2) is 0 Å². The molecule has 3 rings (SSSR count). The van der Waals surface area contributed by atoms with Crippen LogP contribution in [0.4, 0.5) is 0 Å². The summed E-state index contributed by atoms with van der Waals surface area (Å²) in [4.78, 5) is 12.3. The number of rotatable bonds is 8. The number of methoxy groups -OCH3 is 2. The van der Waals surface area contributed by atoms with E-state index in [2.05, 4.69) is 15.5 Å². The highest BCUT2D eigenvalue weighted by Gasteiger charge is 2.19. The van der Waals surface area contributed by atoms with E-state index >= 15 is 0 Å². The Morgan fingerprint density at radius 1 is 1.22 bits per heavy atom. The summed E-state index contributed by atoms with van der Waals surface area (Å²) in [5, 5.41) is 10.6. The molecule has 0 aliphatic carbocycles. The minimum absolute atomic E-state index is 0.146. The van der Waals surface area contributed by atoms with Crippen molar-refractivity contribution < 1.29 is 23.1 Å². The van der Waals surface area contributed by atoms with Gasteiger partial charge in [0.1, 0.15) is 0 Å².